The van der Waals surface area contributed by atoms with Crippen LogP contribution in [0.25, 0.3) is 0 Å². The number of nitrogens with one attached hydrogen (secondary N) is 1. The van der Waals surface area contributed by atoms with Crippen LogP contribution in [0.5, 0.6) is 0 Å². The average Bonchev–Trinajstić information content (AvgIpc) is 2.50. The molecule has 1 aliphatic heterocycles. The first-order valence-electron chi connectivity index (χ1n) is 4.85. The fourth-order valence-electron chi connectivity index (χ4n) is 1.84. The Bertz CT molecular complexity index is 306. The standard InChI is InChI=1S/C11H17NO/c1-11(2,3)4-8-7-13-10-6-12-5-9(8)10/h7,12H,4-6H2,1-3H3. The van der Waals surface area contributed by atoms with Gasteiger partial charge in [-0.1, -0.05) is 20.8 Å². The molecule has 0 aromatic carbocycles. The van der Waals surface area contributed by atoms with Crippen molar-refractivity contribution in [3.8, 4) is 0 Å². The Hall–Kier alpha value is -0.760. The molecule has 0 radical (unpaired) electrons. The van der Waals surface area contributed by atoms with Crippen LogP contribution in [0.2, 0.25) is 0 Å². The first-order chi connectivity index (χ1) is 6.06. The van der Waals surface area contributed by atoms with Crippen molar-refractivity contribution in [2.75, 3.05) is 0 Å². The highest BCUT2D eigenvalue weighted by molar-refractivity contribution is 5.31. The maximum absolute atomic E-state index is 5.49. The minimum Gasteiger partial charge on any atom is -0.467 e. The molecule has 1 aromatic heterocycles. The van der Waals surface area contributed by atoms with Crippen LogP contribution in [0.3, 0.4) is 0 Å². The molecule has 2 nitrogen and oxygen atoms in total. The van der Waals surface area contributed by atoms with Crippen LogP contribution in [-0.2, 0) is 19.5 Å². The third kappa shape index (κ3) is 1.78. The van der Waals surface area contributed by atoms with Crippen LogP contribution >= 0.6 is 0 Å². The quantitative estimate of drug-likeness (QED) is 0.716. The second kappa shape index (κ2) is 2.88. The lowest BCUT2D eigenvalue weighted by Gasteiger charge is -2.17. The molecule has 1 aliphatic rings. The zero-order chi connectivity index (χ0) is 9.47. The van der Waals surface area contributed by atoms with Crippen molar-refractivity contribution in [2.24, 2.45) is 5.41 Å². The van der Waals surface area contributed by atoms with E-state index in [0.29, 0.717) is 5.41 Å². The average molecular weight is 179 g/mol. The molecular formula is C11H17NO. The van der Waals surface area contributed by atoms with Crippen molar-refractivity contribution < 1.29 is 4.42 Å². The van der Waals surface area contributed by atoms with Gasteiger partial charge in [0.1, 0.15) is 5.76 Å². The number of rotatable bonds is 1. The van der Waals surface area contributed by atoms with Gasteiger partial charge in [-0.2, -0.15) is 0 Å². The molecule has 0 saturated carbocycles. The Morgan fingerprint density at radius 1 is 1.38 bits per heavy atom. The molecule has 72 valence electrons. The molecule has 0 fully saturated rings. The summed E-state index contributed by atoms with van der Waals surface area (Å²) in [4.78, 5) is 0. The summed E-state index contributed by atoms with van der Waals surface area (Å²) in [6.07, 6.45) is 3.03. The SMILES string of the molecule is CC(C)(C)Cc1coc2c1CNC2. The van der Waals surface area contributed by atoms with Crippen molar-refractivity contribution in [1.82, 2.24) is 5.32 Å². The lowest BCUT2D eigenvalue weighted by molar-refractivity contribution is 0.406. The number of fused-ring (bicyclic) bond motifs is 1. The van der Waals surface area contributed by atoms with Gasteiger partial charge in [0, 0.05) is 12.1 Å². The van der Waals surface area contributed by atoms with E-state index >= 15 is 0 Å². The Labute approximate surface area is 79.3 Å². The van der Waals surface area contributed by atoms with Crippen LogP contribution in [0.4, 0.5) is 0 Å². The Morgan fingerprint density at radius 2 is 2.15 bits per heavy atom. The normalized spacial score (nSPS) is 16.2. The molecule has 0 spiro atoms. The largest absolute Gasteiger partial charge is 0.467 e. The molecule has 0 saturated heterocycles. The van der Waals surface area contributed by atoms with E-state index in [2.05, 4.69) is 26.1 Å². The lowest BCUT2D eigenvalue weighted by Crippen LogP contribution is -2.10. The van der Waals surface area contributed by atoms with E-state index in [0.717, 1.165) is 25.3 Å². The van der Waals surface area contributed by atoms with Gasteiger partial charge in [0.2, 0.25) is 0 Å². The van der Waals surface area contributed by atoms with Crippen molar-refractivity contribution in [1.29, 1.82) is 0 Å². The Kier molecular flexibility index (Phi) is 1.95. The fourth-order valence-corrected chi connectivity index (χ4v) is 1.84. The van der Waals surface area contributed by atoms with Crippen LogP contribution in [0.15, 0.2) is 10.7 Å². The molecule has 2 heterocycles. The molecule has 0 unspecified atom stereocenters. The first kappa shape index (κ1) is 8.82. The number of furan rings is 1. The molecule has 2 rings (SSSR count). The van der Waals surface area contributed by atoms with Gasteiger partial charge in [-0.3, -0.25) is 0 Å². The highest BCUT2D eigenvalue weighted by Crippen LogP contribution is 2.28. The van der Waals surface area contributed by atoms with E-state index in [1.54, 1.807) is 0 Å². The summed E-state index contributed by atoms with van der Waals surface area (Å²) in [5.74, 6) is 1.14. The van der Waals surface area contributed by atoms with Gasteiger partial charge < -0.3 is 9.73 Å². The summed E-state index contributed by atoms with van der Waals surface area (Å²) >= 11 is 0. The molecule has 0 aliphatic carbocycles. The smallest absolute Gasteiger partial charge is 0.122 e. The monoisotopic (exact) mass is 179 g/mol. The predicted molar refractivity (Wildman–Crippen MR) is 52.4 cm³/mol. The van der Waals surface area contributed by atoms with Crippen molar-refractivity contribution in [3.63, 3.8) is 0 Å². The summed E-state index contributed by atoms with van der Waals surface area (Å²) in [5.41, 5.74) is 3.13. The summed E-state index contributed by atoms with van der Waals surface area (Å²) in [7, 11) is 0. The second-order valence-corrected chi connectivity index (χ2v) is 5.00. The zero-order valence-electron chi connectivity index (χ0n) is 8.61. The van der Waals surface area contributed by atoms with Crippen molar-refractivity contribution in [3.05, 3.63) is 23.2 Å². The van der Waals surface area contributed by atoms with E-state index in [1.165, 1.54) is 11.1 Å². The van der Waals surface area contributed by atoms with Crippen LogP contribution < -0.4 is 5.32 Å². The minimum absolute atomic E-state index is 0.347. The van der Waals surface area contributed by atoms with Crippen LogP contribution in [0.1, 0.15) is 37.7 Å². The molecule has 2 heteroatoms. The summed E-state index contributed by atoms with van der Waals surface area (Å²) in [6, 6.07) is 0. The van der Waals surface area contributed by atoms with Crippen LogP contribution in [0, 0.1) is 5.41 Å². The first-order valence-corrected chi connectivity index (χ1v) is 4.85. The van der Waals surface area contributed by atoms with Gasteiger partial charge in [0.05, 0.1) is 12.8 Å². The lowest BCUT2D eigenvalue weighted by atomic mass is 9.88. The topological polar surface area (TPSA) is 25.2 Å². The van der Waals surface area contributed by atoms with Gasteiger partial charge in [-0.05, 0) is 17.4 Å². The van der Waals surface area contributed by atoms with Gasteiger partial charge in [-0.25, -0.2) is 0 Å². The van der Waals surface area contributed by atoms with Crippen molar-refractivity contribution in [2.45, 2.75) is 40.3 Å². The van der Waals surface area contributed by atoms with E-state index in [1.807, 2.05) is 6.26 Å². The van der Waals surface area contributed by atoms with Gasteiger partial charge in [0.25, 0.3) is 0 Å². The van der Waals surface area contributed by atoms with Gasteiger partial charge in [-0.15, -0.1) is 0 Å². The number of hydrogen-bond donors (Lipinski definition) is 1. The maximum Gasteiger partial charge on any atom is 0.122 e. The predicted octanol–water partition coefficient (Wildman–Crippen LogP) is 2.47. The van der Waals surface area contributed by atoms with Crippen LogP contribution in [-0.4, -0.2) is 0 Å². The minimum atomic E-state index is 0.347. The van der Waals surface area contributed by atoms with E-state index < -0.39 is 0 Å². The van der Waals surface area contributed by atoms with Gasteiger partial charge >= 0.3 is 0 Å². The Morgan fingerprint density at radius 3 is 2.85 bits per heavy atom. The third-order valence-corrected chi connectivity index (χ3v) is 2.38. The highest BCUT2D eigenvalue weighted by Gasteiger charge is 2.21. The summed E-state index contributed by atoms with van der Waals surface area (Å²) < 4.78 is 5.49. The third-order valence-electron chi connectivity index (χ3n) is 2.38. The molecule has 1 N–H and O–H groups in total. The fraction of sp³-hybridized carbons (Fsp3) is 0.636. The molecule has 13 heavy (non-hydrogen) atoms. The zero-order valence-corrected chi connectivity index (χ0v) is 8.61. The molecule has 0 bridgehead atoms. The summed E-state index contributed by atoms with van der Waals surface area (Å²) in [6.45, 7) is 8.66. The number of hydrogen-bond acceptors (Lipinski definition) is 2. The van der Waals surface area contributed by atoms with E-state index in [4.69, 9.17) is 4.42 Å². The van der Waals surface area contributed by atoms with Crippen molar-refractivity contribution >= 4 is 0 Å². The second-order valence-electron chi connectivity index (χ2n) is 5.00. The maximum atomic E-state index is 5.49. The molecule has 1 aromatic rings. The van der Waals surface area contributed by atoms with E-state index in [-0.39, 0.29) is 0 Å². The summed E-state index contributed by atoms with van der Waals surface area (Å²) in [5, 5.41) is 3.30. The molecule has 0 atom stereocenters. The highest BCUT2D eigenvalue weighted by atomic mass is 16.3. The molecule has 0 amide bonds. The molecular weight excluding hydrogens is 162 g/mol. The van der Waals surface area contributed by atoms with E-state index in [9.17, 15) is 0 Å². The van der Waals surface area contributed by atoms with Gasteiger partial charge in [0.15, 0.2) is 0 Å². The Balaban J connectivity index is 2.22.